The number of fused-ring (bicyclic) bond motifs is 1. The lowest BCUT2D eigenvalue weighted by Crippen LogP contribution is -2.24. The fraction of sp³-hybridized carbons (Fsp3) is 0.412. The first-order valence-corrected chi connectivity index (χ1v) is 8.54. The first-order valence-electron chi connectivity index (χ1n) is 8.16. The van der Waals surface area contributed by atoms with Crippen molar-refractivity contribution in [2.75, 3.05) is 18.0 Å². The van der Waals surface area contributed by atoms with Crippen LogP contribution in [0, 0.1) is 5.82 Å². The molecule has 1 aromatic carbocycles. The molecule has 1 unspecified atom stereocenters. The summed E-state index contributed by atoms with van der Waals surface area (Å²) < 4.78 is 29.7. The number of halogens is 3. The molecule has 1 saturated carbocycles. The summed E-state index contributed by atoms with van der Waals surface area (Å²) in [5.41, 5.74) is -1.28. The molecule has 2 aromatic rings. The Morgan fingerprint density at radius 3 is 2.62 bits per heavy atom. The molecule has 2 fully saturated rings. The van der Waals surface area contributed by atoms with Crippen molar-refractivity contribution in [1.29, 1.82) is 0 Å². The molecule has 1 aliphatic heterocycles. The molecule has 6 nitrogen and oxygen atoms in total. The van der Waals surface area contributed by atoms with E-state index < -0.39 is 41.1 Å². The lowest BCUT2D eigenvalue weighted by Gasteiger charge is -2.22. The summed E-state index contributed by atoms with van der Waals surface area (Å²) in [7, 11) is 0. The molecule has 26 heavy (non-hydrogen) atoms. The molecule has 3 atom stereocenters. The maximum atomic E-state index is 14.7. The maximum absolute atomic E-state index is 14.7. The van der Waals surface area contributed by atoms with Gasteiger partial charge in [0.25, 0.3) is 0 Å². The summed E-state index contributed by atoms with van der Waals surface area (Å²) in [6, 6.07) is 0.304. The van der Waals surface area contributed by atoms with Crippen LogP contribution in [0.2, 0.25) is 5.02 Å². The molecular weight excluding hydrogens is 370 g/mol. The van der Waals surface area contributed by atoms with Crippen LogP contribution >= 0.6 is 11.6 Å². The predicted octanol–water partition coefficient (Wildman–Crippen LogP) is 2.35. The lowest BCUT2D eigenvalue weighted by molar-refractivity contribution is 0.0694. The molecule has 9 heteroatoms. The van der Waals surface area contributed by atoms with Gasteiger partial charge in [0, 0.05) is 25.7 Å². The number of carbonyl (C=O) groups is 1. The van der Waals surface area contributed by atoms with Crippen molar-refractivity contribution in [2.24, 2.45) is 0 Å². The van der Waals surface area contributed by atoms with Crippen LogP contribution in [0.1, 0.15) is 29.2 Å². The Kier molecular flexibility index (Phi) is 3.92. The highest BCUT2D eigenvalue weighted by Gasteiger charge is 2.41. The summed E-state index contributed by atoms with van der Waals surface area (Å²) in [5.74, 6) is -2.25. The normalized spacial score (nSPS) is 25.1. The third-order valence-electron chi connectivity index (χ3n) is 4.93. The Balaban J connectivity index is 2.03. The average molecular weight is 385 g/mol. The van der Waals surface area contributed by atoms with Crippen LogP contribution in [-0.4, -0.2) is 46.1 Å². The van der Waals surface area contributed by atoms with Crippen LogP contribution in [0.3, 0.4) is 0 Å². The number of β-amino-alcohol motifs (C(OH)–C–C–N with tert-alkyl or cyclic N) is 1. The Morgan fingerprint density at radius 1 is 1.38 bits per heavy atom. The van der Waals surface area contributed by atoms with Crippen molar-refractivity contribution >= 4 is 34.2 Å². The van der Waals surface area contributed by atoms with Crippen molar-refractivity contribution in [2.45, 2.75) is 31.2 Å². The van der Waals surface area contributed by atoms with E-state index in [2.05, 4.69) is 0 Å². The monoisotopic (exact) mass is 384 g/mol. The van der Waals surface area contributed by atoms with Gasteiger partial charge in [0.2, 0.25) is 5.43 Å². The number of aliphatic hydroxyl groups excluding tert-OH is 1. The molecule has 1 aliphatic carbocycles. The Hall–Kier alpha value is -2.19. The summed E-state index contributed by atoms with van der Waals surface area (Å²) in [5, 5.41) is 18.7. The van der Waals surface area contributed by atoms with Crippen molar-refractivity contribution in [1.82, 2.24) is 4.57 Å². The number of pyridine rings is 1. The topological polar surface area (TPSA) is 82.8 Å². The fourth-order valence-corrected chi connectivity index (χ4v) is 3.93. The lowest BCUT2D eigenvalue weighted by atomic mass is 10.1. The minimum atomic E-state index is -1.47. The van der Waals surface area contributed by atoms with E-state index in [4.69, 9.17) is 11.6 Å². The van der Waals surface area contributed by atoms with Gasteiger partial charge in [-0.2, -0.15) is 0 Å². The van der Waals surface area contributed by atoms with Gasteiger partial charge in [0.15, 0.2) is 0 Å². The highest BCUT2D eigenvalue weighted by Crippen LogP contribution is 2.44. The summed E-state index contributed by atoms with van der Waals surface area (Å²) in [4.78, 5) is 25.4. The number of alkyl halides is 1. The van der Waals surface area contributed by atoms with Crippen LogP contribution in [0.15, 0.2) is 17.1 Å². The first kappa shape index (κ1) is 17.2. The molecule has 1 aromatic heterocycles. The van der Waals surface area contributed by atoms with Gasteiger partial charge >= 0.3 is 5.97 Å². The number of hydrogen-bond acceptors (Lipinski definition) is 4. The SMILES string of the molecule is O=C(O)c1cn(C2C[C@@H]2F)c2c(Cl)c(N3CC[C@H](O)C3)c(F)cc2c1=O. The minimum absolute atomic E-state index is 0.0306. The highest BCUT2D eigenvalue weighted by molar-refractivity contribution is 6.38. The number of nitrogens with zero attached hydrogens (tertiary/aromatic N) is 2. The third kappa shape index (κ3) is 2.55. The summed E-state index contributed by atoms with van der Waals surface area (Å²) in [6.07, 6.45) is -0.100. The van der Waals surface area contributed by atoms with Gasteiger partial charge in [0.1, 0.15) is 17.6 Å². The smallest absolute Gasteiger partial charge is 0.341 e. The van der Waals surface area contributed by atoms with E-state index in [0.29, 0.717) is 13.0 Å². The van der Waals surface area contributed by atoms with E-state index >= 15 is 0 Å². The van der Waals surface area contributed by atoms with E-state index in [0.717, 1.165) is 12.3 Å². The third-order valence-corrected chi connectivity index (χ3v) is 5.29. The Bertz CT molecular complexity index is 993. The van der Waals surface area contributed by atoms with Crippen LogP contribution < -0.4 is 10.3 Å². The summed E-state index contributed by atoms with van der Waals surface area (Å²) >= 11 is 6.41. The second kappa shape index (κ2) is 5.92. The van der Waals surface area contributed by atoms with Crippen LogP contribution in [0.4, 0.5) is 14.5 Å². The molecule has 2 aliphatic rings. The van der Waals surface area contributed by atoms with Gasteiger partial charge in [-0.1, -0.05) is 11.6 Å². The molecule has 138 valence electrons. The number of aromatic nitrogens is 1. The zero-order valence-corrected chi connectivity index (χ0v) is 14.2. The molecule has 0 spiro atoms. The number of rotatable bonds is 3. The molecule has 1 saturated heterocycles. The average Bonchev–Trinajstić information content (AvgIpc) is 3.14. The minimum Gasteiger partial charge on any atom is -0.477 e. The van der Waals surface area contributed by atoms with Gasteiger partial charge in [-0.25, -0.2) is 13.6 Å². The molecular formula is C17H15ClF2N2O4. The van der Waals surface area contributed by atoms with Crippen molar-refractivity contribution < 1.29 is 23.8 Å². The van der Waals surface area contributed by atoms with E-state index in [-0.39, 0.29) is 34.6 Å². The van der Waals surface area contributed by atoms with Gasteiger partial charge < -0.3 is 19.7 Å². The Labute approximate surface area is 151 Å². The maximum Gasteiger partial charge on any atom is 0.341 e. The van der Waals surface area contributed by atoms with Gasteiger partial charge in [-0.3, -0.25) is 4.79 Å². The molecule has 0 bridgehead atoms. The van der Waals surface area contributed by atoms with Gasteiger partial charge in [-0.15, -0.1) is 0 Å². The first-order chi connectivity index (χ1) is 12.3. The number of aliphatic hydroxyl groups is 1. The molecule has 0 radical (unpaired) electrons. The zero-order valence-electron chi connectivity index (χ0n) is 13.5. The van der Waals surface area contributed by atoms with E-state index in [1.165, 1.54) is 4.57 Å². The van der Waals surface area contributed by atoms with E-state index in [1.54, 1.807) is 4.90 Å². The van der Waals surface area contributed by atoms with Crippen molar-refractivity contribution in [3.8, 4) is 0 Å². The van der Waals surface area contributed by atoms with Crippen molar-refractivity contribution in [3.05, 3.63) is 38.9 Å². The van der Waals surface area contributed by atoms with Crippen molar-refractivity contribution in [3.63, 3.8) is 0 Å². The number of aromatic carboxylic acids is 1. The van der Waals surface area contributed by atoms with Gasteiger partial charge in [0.05, 0.1) is 33.8 Å². The molecule has 2 heterocycles. The second-order valence-corrected chi connectivity index (χ2v) is 7.09. The molecule has 4 rings (SSSR count). The van der Waals surface area contributed by atoms with Crippen LogP contribution in [0.5, 0.6) is 0 Å². The fourth-order valence-electron chi connectivity index (χ4n) is 3.52. The van der Waals surface area contributed by atoms with E-state index in [9.17, 15) is 28.6 Å². The number of carboxylic acid groups (broad SMARTS) is 1. The van der Waals surface area contributed by atoms with Gasteiger partial charge in [-0.05, 0) is 12.5 Å². The van der Waals surface area contributed by atoms with E-state index in [1.807, 2.05) is 0 Å². The second-order valence-electron chi connectivity index (χ2n) is 6.71. The number of carboxylic acids is 1. The Morgan fingerprint density at radius 2 is 2.08 bits per heavy atom. The predicted molar refractivity (Wildman–Crippen MR) is 91.5 cm³/mol. The largest absolute Gasteiger partial charge is 0.477 e. The zero-order chi connectivity index (χ0) is 18.7. The number of benzene rings is 1. The molecule has 0 amide bonds. The quantitative estimate of drug-likeness (QED) is 0.848. The van der Waals surface area contributed by atoms with Crippen LogP contribution in [-0.2, 0) is 0 Å². The standard InChI is InChI=1S/C17H15ClF2N2O4/c18-13-14-8(3-11(20)15(13)21-2-1-7(23)5-21)16(24)9(17(25)26)6-22(14)12-4-10(12)19/h3,6-7,10,12,23H,1-2,4-5H2,(H,25,26)/t7-,10-,12?/m0/s1. The number of hydrogen-bond donors (Lipinski definition) is 2. The van der Waals surface area contributed by atoms with Crippen LogP contribution in [0.25, 0.3) is 10.9 Å². The highest BCUT2D eigenvalue weighted by atomic mass is 35.5. The summed E-state index contributed by atoms with van der Waals surface area (Å²) in [6.45, 7) is 0.574. The number of anilines is 1. The molecule has 2 N–H and O–H groups in total.